The molecule has 0 aliphatic carbocycles. The third-order valence-electron chi connectivity index (χ3n) is 2.20. The lowest BCUT2D eigenvalue weighted by atomic mass is 10.1. The molecule has 0 bridgehead atoms. The first-order valence-electron chi connectivity index (χ1n) is 4.96. The highest BCUT2D eigenvalue weighted by molar-refractivity contribution is 5.18. The molecule has 0 amide bonds. The van der Waals surface area contributed by atoms with E-state index in [1.807, 2.05) is 30.3 Å². The van der Waals surface area contributed by atoms with Crippen LogP contribution in [0.5, 0.6) is 0 Å². The largest absolute Gasteiger partial charge is 0.394 e. The number of aliphatic hydroxyl groups is 3. The Kier molecular flexibility index (Phi) is 5.28. The molecule has 0 heterocycles. The van der Waals surface area contributed by atoms with Crippen LogP contribution in [0.1, 0.15) is 11.6 Å². The van der Waals surface area contributed by atoms with Gasteiger partial charge in [-0.2, -0.15) is 0 Å². The molecule has 0 aliphatic heterocycles. The van der Waals surface area contributed by atoms with Crippen LogP contribution in [0.2, 0.25) is 0 Å². The molecule has 2 atom stereocenters. The molecule has 0 saturated carbocycles. The number of hydrogen-bond acceptors (Lipinski definition) is 4. The monoisotopic (exact) mass is 211 g/mol. The highest BCUT2D eigenvalue weighted by Crippen LogP contribution is 2.10. The summed E-state index contributed by atoms with van der Waals surface area (Å²) in [6, 6.07) is 9.29. The Morgan fingerprint density at radius 2 is 1.73 bits per heavy atom. The number of aliphatic hydroxyl groups excluding tert-OH is 3. The lowest BCUT2D eigenvalue weighted by Gasteiger charge is -2.18. The molecule has 1 rings (SSSR count). The molecule has 1 aromatic carbocycles. The second-order valence-corrected chi connectivity index (χ2v) is 3.39. The van der Waals surface area contributed by atoms with Crippen LogP contribution in [-0.4, -0.2) is 41.2 Å². The summed E-state index contributed by atoms with van der Waals surface area (Å²) in [5.74, 6) is 0. The molecule has 1 aromatic rings. The maximum absolute atomic E-state index is 9.16. The Bertz CT molecular complexity index is 266. The Morgan fingerprint density at radius 3 is 2.27 bits per heavy atom. The van der Waals surface area contributed by atoms with E-state index in [9.17, 15) is 0 Å². The van der Waals surface area contributed by atoms with E-state index < -0.39 is 6.10 Å². The topological polar surface area (TPSA) is 72.7 Å². The van der Waals surface area contributed by atoms with Gasteiger partial charge in [0, 0.05) is 6.54 Å². The summed E-state index contributed by atoms with van der Waals surface area (Å²) in [6.45, 7) is -0.0568. The van der Waals surface area contributed by atoms with Crippen LogP contribution in [0.25, 0.3) is 0 Å². The SMILES string of the molecule is OCC(O)CNC(CO)c1ccccc1. The van der Waals surface area contributed by atoms with Crippen LogP contribution in [-0.2, 0) is 0 Å². The second-order valence-electron chi connectivity index (χ2n) is 3.39. The van der Waals surface area contributed by atoms with Crippen molar-refractivity contribution in [3.8, 4) is 0 Å². The summed E-state index contributed by atoms with van der Waals surface area (Å²) >= 11 is 0. The zero-order valence-electron chi connectivity index (χ0n) is 8.50. The molecule has 0 aliphatic rings. The molecule has 15 heavy (non-hydrogen) atoms. The summed E-state index contributed by atoms with van der Waals surface area (Å²) in [5, 5.41) is 29.9. The fourth-order valence-electron chi connectivity index (χ4n) is 1.32. The van der Waals surface area contributed by atoms with Gasteiger partial charge in [-0.1, -0.05) is 30.3 Å². The quantitative estimate of drug-likeness (QED) is 0.519. The van der Waals surface area contributed by atoms with Gasteiger partial charge in [0.1, 0.15) is 0 Å². The average Bonchev–Trinajstić information content (AvgIpc) is 2.31. The normalized spacial score (nSPS) is 14.9. The summed E-state index contributed by atoms with van der Waals surface area (Å²) < 4.78 is 0. The molecule has 0 fully saturated rings. The molecule has 84 valence electrons. The third kappa shape index (κ3) is 3.97. The Balaban J connectivity index is 2.50. The summed E-state index contributed by atoms with van der Waals surface area (Å²) in [6.07, 6.45) is -0.789. The lowest BCUT2D eigenvalue weighted by Crippen LogP contribution is -2.33. The summed E-state index contributed by atoms with van der Waals surface area (Å²) in [5.41, 5.74) is 0.963. The van der Waals surface area contributed by atoms with Gasteiger partial charge in [-0.3, -0.25) is 0 Å². The number of benzene rings is 1. The standard InChI is InChI=1S/C11H17NO3/c13-7-10(15)6-12-11(8-14)9-4-2-1-3-5-9/h1-5,10-15H,6-8H2. The molecule has 4 nitrogen and oxygen atoms in total. The van der Waals surface area contributed by atoms with E-state index in [0.717, 1.165) is 5.56 Å². The zero-order valence-corrected chi connectivity index (χ0v) is 8.50. The molecule has 0 spiro atoms. The summed E-state index contributed by atoms with van der Waals surface area (Å²) in [7, 11) is 0. The molecule has 0 saturated heterocycles. The van der Waals surface area contributed by atoms with Gasteiger partial charge >= 0.3 is 0 Å². The maximum Gasteiger partial charge on any atom is 0.0895 e. The van der Waals surface area contributed by atoms with Crippen molar-refractivity contribution in [2.75, 3.05) is 19.8 Å². The molecule has 2 unspecified atom stereocenters. The minimum Gasteiger partial charge on any atom is -0.394 e. The molecule has 4 heteroatoms. The molecular weight excluding hydrogens is 194 g/mol. The van der Waals surface area contributed by atoms with Crippen molar-refractivity contribution in [2.24, 2.45) is 0 Å². The van der Waals surface area contributed by atoms with Gasteiger partial charge in [0.05, 0.1) is 25.4 Å². The first kappa shape index (κ1) is 12.1. The minimum atomic E-state index is -0.789. The van der Waals surface area contributed by atoms with Gasteiger partial charge in [0.2, 0.25) is 0 Å². The highest BCUT2D eigenvalue weighted by Gasteiger charge is 2.10. The van der Waals surface area contributed by atoms with E-state index >= 15 is 0 Å². The van der Waals surface area contributed by atoms with E-state index in [0.29, 0.717) is 0 Å². The first-order chi connectivity index (χ1) is 7.27. The van der Waals surface area contributed by atoms with Crippen molar-refractivity contribution in [1.82, 2.24) is 5.32 Å². The van der Waals surface area contributed by atoms with Crippen LogP contribution in [0, 0.1) is 0 Å². The van der Waals surface area contributed by atoms with Gasteiger partial charge in [-0.25, -0.2) is 0 Å². The average molecular weight is 211 g/mol. The van der Waals surface area contributed by atoms with Crippen molar-refractivity contribution in [1.29, 1.82) is 0 Å². The van der Waals surface area contributed by atoms with Gasteiger partial charge < -0.3 is 20.6 Å². The van der Waals surface area contributed by atoms with E-state index in [4.69, 9.17) is 15.3 Å². The molecule has 4 N–H and O–H groups in total. The smallest absolute Gasteiger partial charge is 0.0895 e. The van der Waals surface area contributed by atoms with Crippen LogP contribution >= 0.6 is 0 Å². The third-order valence-corrected chi connectivity index (χ3v) is 2.20. The highest BCUT2D eigenvalue weighted by atomic mass is 16.3. The second kappa shape index (κ2) is 6.53. The molecule has 0 radical (unpaired) electrons. The van der Waals surface area contributed by atoms with Crippen molar-refractivity contribution in [2.45, 2.75) is 12.1 Å². The Labute approximate surface area is 89.2 Å². The predicted molar refractivity (Wildman–Crippen MR) is 57.4 cm³/mol. The fraction of sp³-hybridized carbons (Fsp3) is 0.455. The minimum absolute atomic E-state index is 0.0395. The van der Waals surface area contributed by atoms with E-state index in [-0.39, 0.29) is 25.8 Å². The first-order valence-corrected chi connectivity index (χ1v) is 4.96. The lowest BCUT2D eigenvalue weighted by molar-refractivity contribution is 0.0888. The van der Waals surface area contributed by atoms with Crippen LogP contribution < -0.4 is 5.32 Å². The van der Waals surface area contributed by atoms with Crippen LogP contribution in [0.3, 0.4) is 0 Å². The molecular formula is C11H17NO3. The number of nitrogens with one attached hydrogen (secondary N) is 1. The van der Waals surface area contributed by atoms with Gasteiger partial charge in [0.15, 0.2) is 0 Å². The zero-order chi connectivity index (χ0) is 11.1. The van der Waals surface area contributed by atoms with E-state index in [1.54, 1.807) is 0 Å². The van der Waals surface area contributed by atoms with Gasteiger partial charge in [0.25, 0.3) is 0 Å². The van der Waals surface area contributed by atoms with Crippen molar-refractivity contribution in [3.63, 3.8) is 0 Å². The van der Waals surface area contributed by atoms with Crippen LogP contribution in [0.15, 0.2) is 30.3 Å². The van der Waals surface area contributed by atoms with Crippen molar-refractivity contribution < 1.29 is 15.3 Å². The molecule has 0 aromatic heterocycles. The van der Waals surface area contributed by atoms with Gasteiger partial charge in [-0.15, -0.1) is 0 Å². The Morgan fingerprint density at radius 1 is 1.07 bits per heavy atom. The maximum atomic E-state index is 9.16. The fourth-order valence-corrected chi connectivity index (χ4v) is 1.32. The van der Waals surface area contributed by atoms with Crippen molar-refractivity contribution >= 4 is 0 Å². The van der Waals surface area contributed by atoms with Crippen molar-refractivity contribution in [3.05, 3.63) is 35.9 Å². The summed E-state index contributed by atoms with van der Waals surface area (Å²) in [4.78, 5) is 0. The van der Waals surface area contributed by atoms with E-state index in [1.165, 1.54) is 0 Å². The van der Waals surface area contributed by atoms with E-state index in [2.05, 4.69) is 5.32 Å². The number of rotatable bonds is 6. The number of hydrogen-bond donors (Lipinski definition) is 4. The Hall–Kier alpha value is -0.940. The predicted octanol–water partition coefficient (Wildman–Crippen LogP) is -0.337. The van der Waals surface area contributed by atoms with Gasteiger partial charge in [-0.05, 0) is 5.56 Å². The van der Waals surface area contributed by atoms with Crippen LogP contribution in [0.4, 0.5) is 0 Å².